The highest BCUT2D eigenvalue weighted by atomic mass is 35.5. The maximum Gasteiger partial charge on any atom is 0.231 e. The Balaban J connectivity index is 1.53. The van der Waals surface area contributed by atoms with Crippen molar-refractivity contribution in [2.45, 2.75) is 13.2 Å². The molecule has 0 spiro atoms. The highest BCUT2D eigenvalue weighted by Crippen LogP contribution is 2.36. The van der Waals surface area contributed by atoms with Crippen molar-refractivity contribution in [1.29, 1.82) is 0 Å². The van der Waals surface area contributed by atoms with Crippen LogP contribution in [0.15, 0.2) is 54.6 Å². The van der Waals surface area contributed by atoms with E-state index in [2.05, 4.69) is 5.32 Å². The van der Waals surface area contributed by atoms with E-state index < -0.39 is 5.82 Å². The largest absolute Gasteiger partial charge is 0.493 e. The zero-order chi connectivity index (χ0) is 20.2. The van der Waals surface area contributed by atoms with Crippen LogP contribution in [-0.2, 0) is 13.2 Å². The van der Waals surface area contributed by atoms with Gasteiger partial charge in [0.05, 0.1) is 12.1 Å². The van der Waals surface area contributed by atoms with Gasteiger partial charge in [0, 0.05) is 29.4 Å². The maximum atomic E-state index is 14.1. The molecule has 0 amide bonds. The van der Waals surface area contributed by atoms with Crippen LogP contribution in [0, 0.1) is 5.82 Å². The van der Waals surface area contributed by atoms with Crippen LogP contribution >= 0.6 is 11.6 Å². The molecule has 0 bridgehead atoms. The number of methoxy groups -OCH3 is 1. The van der Waals surface area contributed by atoms with Gasteiger partial charge < -0.3 is 24.3 Å². The number of hydrogen-bond donors (Lipinski definition) is 1. The lowest BCUT2D eigenvalue weighted by Gasteiger charge is -2.17. The summed E-state index contributed by atoms with van der Waals surface area (Å²) >= 11 is 6.11. The molecule has 1 aliphatic heterocycles. The van der Waals surface area contributed by atoms with Gasteiger partial charge in [0.2, 0.25) is 6.79 Å². The summed E-state index contributed by atoms with van der Waals surface area (Å²) in [5, 5.41) is 3.65. The minimum Gasteiger partial charge on any atom is -0.493 e. The molecule has 0 aliphatic carbocycles. The van der Waals surface area contributed by atoms with Crippen molar-refractivity contribution < 1.29 is 23.3 Å². The maximum absolute atomic E-state index is 14.1. The van der Waals surface area contributed by atoms with E-state index in [1.807, 2.05) is 30.3 Å². The van der Waals surface area contributed by atoms with Crippen LogP contribution in [0.4, 0.5) is 10.1 Å². The van der Waals surface area contributed by atoms with E-state index in [0.717, 1.165) is 17.0 Å². The molecule has 0 fully saturated rings. The van der Waals surface area contributed by atoms with Crippen molar-refractivity contribution in [1.82, 2.24) is 0 Å². The third-order valence-corrected chi connectivity index (χ3v) is 4.91. The van der Waals surface area contributed by atoms with Gasteiger partial charge in [0.25, 0.3) is 0 Å². The molecule has 1 heterocycles. The van der Waals surface area contributed by atoms with Gasteiger partial charge in [-0.05, 0) is 30.3 Å². The first-order chi connectivity index (χ1) is 14.2. The van der Waals surface area contributed by atoms with Crippen LogP contribution in [0.2, 0.25) is 5.02 Å². The Morgan fingerprint density at radius 1 is 1.07 bits per heavy atom. The van der Waals surface area contributed by atoms with Crippen LogP contribution in [-0.4, -0.2) is 13.9 Å². The van der Waals surface area contributed by atoms with Gasteiger partial charge >= 0.3 is 0 Å². The monoisotopic (exact) mass is 415 g/mol. The molecule has 0 saturated carbocycles. The van der Waals surface area contributed by atoms with Crippen LogP contribution in [0.3, 0.4) is 0 Å². The topological polar surface area (TPSA) is 49.0 Å². The van der Waals surface area contributed by atoms with E-state index in [4.69, 9.17) is 30.5 Å². The summed E-state index contributed by atoms with van der Waals surface area (Å²) in [7, 11) is 1.56. The van der Waals surface area contributed by atoms with E-state index in [9.17, 15) is 4.39 Å². The fraction of sp³-hybridized carbons (Fsp3) is 0.182. The first kappa shape index (κ1) is 19.2. The van der Waals surface area contributed by atoms with Crippen LogP contribution in [0.5, 0.6) is 23.0 Å². The van der Waals surface area contributed by atoms with E-state index in [-0.39, 0.29) is 13.4 Å². The smallest absolute Gasteiger partial charge is 0.231 e. The average Bonchev–Trinajstić information content (AvgIpc) is 3.20. The van der Waals surface area contributed by atoms with Gasteiger partial charge in [-0.2, -0.15) is 0 Å². The molecule has 3 aromatic carbocycles. The molecule has 0 radical (unpaired) electrons. The molecular weight excluding hydrogens is 397 g/mol. The molecular formula is C22H19ClFNO4. The summed E-state index contributed by atoms with van der Waals surface area (Å²) in [6, 6.07) is 15.8. The lowest BCUT2D eigenvalue weighted by atomic mass is 10.1. The van der Waals surface area contributed by atoms with Crippen molar-refractivity contribution >= 4 is 17.3 Å². The van der Waals surface area contributed by atoms with E-state index in [1.165, 1.54) is 6.07 Å². The highest BCUT2D eigenvalue weighted by molar-refractivity contribution is 6.31. The first-order valence-electron chi connectivity index (χ1n) is 9.01. The predicted octanol–water partition coefficient (Wildman–Crippen LogP) is 5.41. The number of hydrogen-bond acceptors (Lipinski definition) is 5. The summed E-state index contributed by atoms with van der Waals surface area (Å²) in [4.78, 5) is 0. The van der Waals surface area contributed by atoms with E-state index >= 15 is 0 Å². The number of ether oxygens (including phenoxy) is 4. The lowest BCUT2D eigenvalue weighted by Crippen LogP contribution is -2.06. The molecule has 0 aromatic heterocycles. The molecule has 150 valence electrons. The Kier molecular flexibility index (Phi) is 5.62. The molecule has 1 aliphatic rings. The molecule has 29 heavy (non-hydrogen) atoms. The summed E-state index contributed by atoms with van der Waals surface area (Å²) in [5.41, 5.74) is 2.03. The second kappa shape index (κ2) is 8.49. The Morgan fingerprint density at radius 2 is 1.90 bits per heavy atom. The Hall–Kier alpha value is -3.12. The normalized spacial score (nSPS) is 12.0. The second-order valence-electron chi connectivity index (χ2n) is 6.36. The SMILES string of the molecule is COc1cccc(CNc2ccc3c(c2)OCO3)c1OCc1c(F)cccc1Cl. The zero-order valence-electron chi connectivity index (χ0n) is 15.7. The fourth-order valence-electron chi connectivity index (χ4n) is 3.04. The van der Waals surface area contributed by atoms with Crippen LogP contribution < -0.4 is 24.3 Å². The lowest BCUT2D eigenvalue weighted by molar-refractivity contribution is 0.174. The standard InChI is InChI=1S/C22H19ClFNO4/c1-26-20-7-2-4-14(11-25-15-8-9-19-21(10-15)29-13-28-19)22(20)27-12-16-17(23)5-3-6-18(16)24/h2-10,25H,11-13H2,1H3. The number of benzene rings is 3. The number of fused-ring (bicyclic) bond motifs is 1. The summed E-state index contributed by atoms with van der Waals surface area (Å²) < 4.78 is 36.2. The summed E-state index contributed by atoms with van der Waals surface area (Å²) in [5.74, 6) is 2.10. The number of anilines is 1. The number of rotatable bonds is 7. The Bertz CT molecular complexity index is 1010. The molecule has 1 N–H and O–H groups in total. The van der Waals surface area contributed by atoms with Gasteiger partial charge in [-0.1, -0.05) is 29.8 Å². The molecule has 3 aromatic rings. The minimum atomic E-state index is -0.410. The van der Waals surface area contributed by atoms with Gasteiger partial charge in [-0.3, -0.25) is 0 Å². The van der Waals surface area contributed by atoms with Crippen molar-refractivity contribution in [2.75, 3.05) is 19.2 Å². The molecule has 4 rings (SSSR count). The Morgan fingerprint density at radius 3 is 2.72 bits per heavy atom. The summed E-state index contributed by atoms with van der Waals surface area (Å²) in [6.07, 6.45) is 0. The number of nitrogens with one attached hydrogen (secondary N) is 1. The summed E-state index contributed by atoms with van der Waals surface area (Å²) in [6.45, 7) is 0.686. The van der Waals surface area contributed by atoms with Gasteiger partial charge in [0.1, 0.15) is 12.4 Å². The van der Waals surface area contributed by atoms with Crippen LogP contribution in [0.1, 0.15) is 11.1 Å². The fourth-order valence-corrected chi connectivity index (χ4v) is 3.26. The minimum absolute atomic E-state index is 0.0110. The molecule has 5 nitrogen and oxygen atoms in total. The molecule has 0 saturated heterocycles. The average molecular weight is 416 g/mol. The third-order valence-electron chi connectivity index (χ3n) is 4.56. The van der Waals surface area contributed by atoms with Crippen LogP contribution in [0.25, 0.3) is 0 Å². The zero-order valence-corrected chi connectivity index (χ0v) is 16.5. The van der Waals surface area contributed by atoms with Crippen molar-refractivity contribution in [3.63, 3.8) is 0 Å². The van der Waals surface area contributed by atoms with Crippen molar-refractivity contribution in [3.8, 4) is 23.0 Å². The highest BCUT2D eigenvalue weighted by Gasteiger charge is 2.16. The van der Waals surface area contributed by atoms with Gasteiger partial charge in [0.15, 0.2) is 23.0 Å². The molecule has 7 heteroatoms. The number of para-hydroxylation sites is 1. The van der Waals surface area contributed by atoms with E-state index in [1.54, 1.807) is 25.3 Å². The van der Waals surface area contributed by atoms with E-state index in [0.29, 0.717) is 34.4 Å². The number of halogens is 2. The molecule has 0 atom stereocenters. The quantitative estimate of drug-likeness (QED) is 0.559. The Labute approximate surface area is 172 Å². The predicted molar refractivity (Wildman–Crippen MR) is 109 cm³/mol. The third kappa shape index (κ3) is 4.17. The van der Waals surface area contributed by atoms with Crippen molar-refractivity contribution in [3.05, 3.63) is 76.6 Å². The van der Waals surface area contributed by atoms with Crippen molar-refractivity contribution in [2.24, 2.45) is 0 Å². The second-order valence-corrected chi connectivity index (χ2v) is 6.77. The molecule has 0 unspecified atom stereocenters. The first-order valence-corrected chi connectivity index (χ1v) is 9.38. The van der Waals surface area contributed by atoms with Gasteiger partial charge in [-0.15, -0.1) is 0 Å². The van der Waals surface area contributed by atoms with Gasteiger partial charge in [-0.25, -0.2) is 4.39 Å².